The molecule has 2 nitrogen and oxygen atoms in total. The second-order valence-corrected chi connectivity index (χ2v) is 9.34. The van der Waals surface area contributed by atoms with Gasteiger partial charge in [-0.1, -0.05) is 121 Å². The SMILES string of the molecule is Nc1c(-c2ccc(-c3c(N)c4ccccc4c4ccccc34)cc2)c2ccccc2c2ccccc12. The summed E-state index contributed by atoms with van der Waals surface area (Å²) in [4.78, 5) is 0. The zero-order valence-corrected chi connectivity index (χ0v) is 19.7. The smallest absolute Gasteiger partial charge is 0.0479 e. The van der Waals surface area contributed by atoms with Crippen LogP contribution in [-0.2, 0) is 0 Å². The van der Waals surface area contributed by atoms with Crippen LogP contribution in [-0.4, -0.2) is 0 Å². The van der Waals surface area contributed by atoms with Gasteiger partial charge in [-0.2, -0.15) is 0 Å². The van der Waals surface area contributed by atoms with Crippen molar-refractivity contribution in [3.05, 3.63) is 121 Å². The van der Waals surface area contributed by atoms with Gasteiger partial charge in [0.1, 0.15) is 0 Å². The summed E-state index contributed by atoms with van der Waals surface area (Å²) in [5.41, 5.74) is 19.6. The quantitative estimate of drug-likeness (QED) is 0.200. The number of hydrogen-bond acceptors (Lipinski definition) is 2. The van der Waals surface area contributed by atoms with Gasteiger partial charge < -0.3 is 11.5 Å². The monoisotopic (exact) mass is 460 g/mol. The Morgan fingerprint density at radius 3 is 0.861 bits per heavy atom. The van der Waals surface area contributed by atoms with Crippen LogP contribution < -0.4 is 11.5 Å². The summed E-state index contributed by atoms with van der Waals surface area (Å²) in [5, 5.41) is 9.29. The van der Waals surface area contributed by atoms with Gasteiger partial charge in [-0.15, -0.1) is 0 Å². The van der Waals surface area contributed by atoms with Crippen molar-refractivity contribution in [1.82, 2.24) is 0 Å². The maximum Gasteiger partial charge on any atom is 0.0479 e. The lowest BCUT2D eigenvalue weighted by Gasteiger charge is -2.17. The lowest BCUT2D eigenvalue weighted by molar-refractivity contribution is 1.63. The lowest BCUT2D eigenvalue weighted by Crippen LogP contribution is -1.96. The van der Waals surface area contributed by atoms with E-state index in [1.54, 1.807) is 0 Å². The van der Waals surface area contributed by atoms with E-state index in [0.29, 0.717) is 0 Å². The van der Waals surface area contributed by atoms with Crippen LogP contribution >= 0.6 is 0 Å². The van der Waals surface area contributed by atoms with Gasteiger partial charge in [0, 0.05) is 33.3 Å². The van der Waals surface area contributed by atoms with Crippen molar-refractivity contribution >= 4 is 54.5 Å². The molecule has 0 saturated carbocycles. The Balaban J connectivity index is 1.47. The molecule has 0 aliphatic carbocycles. The molecule has 7 rings (SSSR count). The summed E-state index contributed by atoms with van der Waals surface area (Å²) in [6.07, 6.45) is 0. The van der Waals surface area contributed by atoms with E-state index < -0.39 is 0 Å². The fourth-order valence-corrected chi connectivity index (χ4v) is 5.76. The molecule has 4 N–H and O–H groups in total. The summed E-state index contributed by atoms with van der Waals surface area (Å²) in [5.74, 6) is 0. The maximum absolute atomic E-state index is 6.81. The molecular formula is C34H24N2. The van der Waals surface area contributed by atoms with Gasteiger partial charge in [-0.05, 0) is 43.4 Å². The third-order valence-electron chi connectivity index (χ3n) is 7.41. The molecule has 0 amide bonds. The second kappa shape index (κ2) is 7.86. The Hall–Kier alpha value is -4.82. The highest BCUT2D eigenvalue weighted by molar-refractivity contribution is 6.21. The summed E-state index contributed by atoms with van der Waals surface area (Å²) in [6, 6.07) is 42.5. The van der Waals surface area contributed by atoms with E-state index in [1.807, 2.05) is 12.1 Å². The number of anilines is 2. The van der Waals surface area contributed by atoms with Crippen LogP contribution in [0.1, 0.15) is 0 Å². The molecule has 170 valence electrons. The van der Waals surface area contributed by atoms with Crippen LogP contribution in [0.25, 0.3) is 65.3 Å². The Morgan fingerprint density at radius 1 is 0.278 bits per heavy atom. The molecule has 7 aromatic carbocycles. The molecule has 0 radical (unpaired) electrons. The van der Waals surface area contributed by atoms with Gasteiger partial charge >= 0.3 is 0 Å². The highest BCUT2D eigenvalue weighted by Crippen LogP contribution is 2.43. The van der Waals surface area contributed by atoms with Crippen LogP contribution in [0.15, 0.2) is 121 Å². The predicted octanol–water partition coefficient (Wildman–Crippen LogP) is 8.80. The van der Waals surface area contributed by atoms with E-state index in [-0.39, 0.29) is 0 Å². The molecule has 0 aliphatic rings. The molecule has 0 unspecified atom stereocenters. The Kier molecular flexibility index (Phi) is 4.49. The van der Waals surface area contributed by atoms with Crippen molar-refractivity contribution in [2.45, 2.75) is 0 Å². The molecule has 0 aromatic heterocycles. The van der Waals surface area contributed by atoms with Crippen LogP contribution in [0.4, 0.5) is 11.4 Å². The molecule has 0 heterocycles. The minimum Gasteiger partial charge on any atom is -0.398 e. The van der Waals surface area contributed by atoms with Gasteiger partial charge in [0.2, 0.25) is 0 Å². The van der Waals surface area contributed by atoms with E-state index >= 15 is 0 Å². The molecule has 36 heavy (non-hydrogen) atoms. The Morgan fingerprint density at radius 2 is 0.528 bits per heavy atom. The standard InChI is InChI=1S/C34H24N2/c35-33-29-15-7-3-11-25(29)23-9-1-5-13-27(23)31(33)21-17-19-22(20-18-21)32-28-14-6-2-10-24(28)26-12-4-8-16-30(26)34(32)36/h1-20H,35-36H2. The van der Waals surface area contributed by atoms with E-state index in [0.717, 1.165) is 55.2 Å². The van der Waals surface area contributed by atoms with Gasteiger partial charge in [0.05, 0.1) is 0 Å². The zero-order valence-electron chi connectivity index (χ0n) is 19.7. The molecule has 0 bridgehead atoms. The first-order valence-electron chi connectivity index (χ1n) is 12.2. The Labute approximate surface area is 209 Å². The molecule has 0 spiro atoms. The highest BCUT2D eigenvalue weighted by Gasteiger charge is 2.16. The third kappa shape index (κ3) is 2.91. The van der Waals surface area contributed by atoms with E-state index in [2.05, 4.69) is 109 Å². The first-order chi connectivity index (χ1) is 17.7. The number of benzene rings is 7. The summed E-state index contributed by atoms with van der Waals surface area (Å²) in [7, 11) is 0. The normalized spacial score (nSPS) is 11.6. The van der Waals surface area contributed by atoms with Crippen LogP contribution in [0, 0.1) is 0 Å². The third-order valence-corrected chi connectivity index (χ3v) is 7.41. The van der Waals surface area contributed by atoms with Gasteiger partial charge in [0.15, 0.2) is 0 Å². The molecular weight excluding hydrogens is 436 g/mol. The predicted molar refractivity (Wildman–Crippen MR) is 156 cm³/mol. The molecule has 0 fully saturated rings. The number of fused-ring (bicyclic) bond motifs is 6. The van der Waals surface area contributed by atoms with Crippen LogP contribution in [0.5, 0.6) is 0 Å². The fraction of sp³-hybridized carbons (Fsp3) is 0. The van der Waals surface area contributed by atoms with Gasteiger partial charge in [0.25, 0.3) is 0 Å². The summed E-state index contributed by atoms with van der Waals surface area (Å²) < 4.78 is 0. The van der Waals surface area contributed by atoms with Crippen molar-refractivity contribution in [3.8, 4) is 22.3 Å². The second-order valence-electron chi connectivity index (χ2n) is 9.34. The average Bonchev–Trinajstić information content (AvgIpc) is 2.94. The summed E-state index contributed by atoms with van der Waals surface area (Å²) >= 11 is 0. The van der Waals surface area contributed by atoms with Crippen molar-refractivity contribution in [2.24, 2.45) is 0 Å². The van der Waals surface area contributed by atoms with Crippen LogP contribution in [0.3, 0.4) is 0 Å². The number of rotatable bonds is 2. The number of nitrogens with two attached hydrogens (primary N) is 2. The molecule has 7 aromatic rings. The van der Waals surface area contributed by atoms with Gasteiger partial charge in [-0.25, -0.2) is 0 Å². The molecule has 0 saturated heterocycles. The van der Waals surface area contributed by atoms with Crippen LogP contribution in [0.2, 0.25) is 0 Å². The molecule has 0 atom stereocenters. The largest absolute Gasteiger partial charge is 0.398 e. The van der Waals surface area contributed by atoms with Crippen molar-refractivity contribution < 1.29 is 0 Å². The minimum atomic E-state index is 0.813. The van der Waals surface area contributed by atoms with E-state index in [9.17, 15) is 0 Å². The number of nitrogen functional groups attached to an aromatic ring is 2. The minimum absolute atomic E-state index is 0.813. The molecule has 2 heteroatoms. The lowest BCUT2D eigenvalue weighted by atomic mass is 9.88. The van der Waals surface area contributed by atoms with Crippen molar-refractivity contribution in [1.29, 1.82) is 0 Å². The van der Waals surface area contributed by atoms with Crippen molar-refractivity contribution in [3.63, 3.8) is 0 Å². The van der Waals surface area contributed by atoms with Crippen molar-refractivity contribution in [2.75, 3.05) is 11.5 Å². The average molecular weight is 461 g/mol. The van der Waals surface area contributed by atoms with Gasteiger partial charge in [-0.3, -0.25) is 0 Å². The summed E-state index contributed by atoms with van der Waals surface area (Å²) in [6.45, 7) is 0. The maximum atomic E-state index is 6.81. The Bertz CT molecular complexity index is 1810. The van der Waals surface area contributed by atoms with E-state index in [1.165, 1.54) is 21.5 Å². The molecule has 0 aliphatic heterocycles. The zero-order chi connectivity index (χ0) is 24.2. The first kappa shape index (κ1) is 20.5. The highest BCUT2D eigenvalue weighted by atomic mass is 14.6. The number of hydrogen-bond donors (Lipinski definition) is 2. The fourth-order valence-electron chi connectivity index (χ4n) is 5.76. The topological polar surface area (TPSA) is 52.0 Å². The first-order valence-corrected chi connectivity index (χ1v) is 12.2. The van der Waals surface area contributed by atoms with E-state index in [4.69, 9.17) is 11.5 Å².